The van der Waals surface area contributed by atoms with Gasteiger partial charge in [-0.3, -0.25) is 19.4 Å². The van der Waals surface area contributed by atoms with E-state index in [-0.39, 0.29) is 43.1 Å². The van der Waals surface area contributed by atoms with Crippen molar-refractivity contribution in [3.05, 3.63) is 54.6 Å². The first-order valence-electron chi connectivity index (χ1n) is 10.8. The van der Waals surface area contributed by atoms with E-state index in [0.717, 1.165) is 25.7 Å². The smallest absolute Gasteiger partial charge is 0.247 e. The van der Waals surface area contributed by atoms with Crippen LogP contribution in [0.25, 0.3) is 0 Å². The van der Waals surface area contributed by atoms with Gasteiger partial charge in [-0.2, -0.15) is 0 Å². The first kappa shape index (κ1) is 23.2. The van der Waals surface area contributed by atoms with Crippen molar-refractivity contribution in [3.63, 3.8) is 0 Å². The Morgan fingerprint density at radius 3 is 2.72 bits per heavy atom. The number of nitrogens with one attached hydrogen (secondary N) is 2. The van der Waals surface area contributed by atoms with E-state index in [1.165, 1.54) is 4.90 Å². The molecule has 0 spiro atoms. The summed E-state index contributed by atoms with van der Waals surface area (Å²) < 4.78 is 4.92. The normalized spacial score (nSPS) is 14.5. The van der Waals surface area contributed by atoms with Crippen LogP contribution in [0.5, 0.6) is 0 Å². The third-order valence-corrected chi connectivity index (χ3v) is 5.37. The Bertz CT molecular complexity index is 937. The lowest BCUT2D eigenvalue weighted by atomic mass is 10.0. The van der Waals surface area contributed by atoms with Crippen LogP contribution < -0.4 is 10.6 Å². The molecule has 1 atom stereocenters. The zero-order chi connectivity index (χ0) is 22.9. The van der Waals surface area contributed by atoms with Crippen LogP contribution in [0.15, 0.2) is 47.8 Å². The molecule has 170 valence electrons. The molecule has 2 N–H and O–H groups in total. The van der Waals surface area contributed by atoms with E-state index in [9.17, 15) is 14.4 Å². The van der Waals surface area contributed by atoms with E-state index in [2.05, 4.69) is 27.4 Å². The third-order valence-electron chi connectivity index (χ3n) is 5.37. The van der Waals surface area contributed by atoms with Crippen molar-refractivity contribution in [2.75, 3.05) is 11.9 Å². The average Bonchev–Trinajstić information content (AvgIpc) is 3.44. The highest BCUT2D eigenvalue weighted by Crippen LogP contribution is 2.24. The van der Waals surface area contributed by atoms with Crippen LogP contribution in [-0.2, 0) is 14.4 Å². The van der Waals surface area contributed by atoms with Gasteiger partial charge < -0.3 is 20.1 Å². The number of aromatic nitrogens is 2. The second-order valence-electron chi connectivity index (χ2n) is 7.88. The van der Waals surface area contributed by atoms with Gasteiger partial charge in [-0.15, -0.1) is 6.58 Å². The van der Waals surface area contributed by atoms with E-state index < -0.39 is 6.04 Å². The molecule has 2 aromatic rings. The summed E-state index contributed by atoms with van der Waals surface area (Å²) in [5.74, 6) is -0.0684. The zero-order valence-corrected chi connectivity index (χ0v) is 18.3. The summed E-state index contributed by atoms with van der Waals surface area (Å²) in [6.07, 6.45) is 8.68. The number of carbonyl (C=O) groups is 3. The summed E-state index contributed by atoms with van der Waals surface area (Å²) >= 11 is 0. The van der Waals surface area contributed by atoms with Gasteiger partial charge in [0.25, 0.3) is 0 Å². The second-order valence-corrected chi connectivity index (χ2v) is 7.88. The summed E-state index contributed by atoms with van der Waals surface area (Å²) in [4.78, 5) is 44.2. The maximum Gasteiger partial charge on any atom is 0.247 e. The highest BCUT2D eigenvalue weighted by atomic mass is 16.5. The number of amides is 3. The quantitative estimate of drug-likeness (QED) is 0.550. The minimum atomic E-state index is -0.851. The highest BCUT2D eigenvalue weighted by Gasteiger charge is 2.32. The SMILES string of the molecule is C=CCN(C(=O)CCC(=O)Nc1cc(C)on1)[C@H](C(=O)NC1CCCC1)c1cccnc1. The minimum Gasteiger partial charge on any atom is -0.360 e. The molecule has 0 saturated heterocycles. The summed E-state index contributed by atoms with van der Waals surface area (Å²) in [5.41, 5.74) is 0.612. The van der Waals surface area contributed by atoms with Crippen molar-refractivity contribution >= 4 is 23.5 Å². The molecule has 1 fully saturated rings. The van der Waals surface area contributed by atoms with E-state index >= 15 is 0 Å². The molecular formula is C23H29N5O4. The lowest BCUT2D eigenvalue weighted by Gasteiger charge is -2.31. The van der Waals surface area contributed by atoms with Crippen LogP contribution in [0.3, 0.4) is 0 Å². The van der Waals surface area contributed by atoms with Crippen LogP contribution in [-0.4, -0.2) is 45.3 Å². The van der Waals surface area contributed by atoms with Crippen LogP contribution in [0, 0.1) is 6.92 Å². The van der Waals surface area contributed by atoms with Gasteiger partial charge in [0.1, 0.15) is 11.8 Å². The first-order chi connectivity index (χ1) is 15.5. The Kier molecular flexibility index (Phi) is 8.13. The molecule has 9 nitrogen and oxygen atoms in total. The minimum absolute atomic E-state index is 0.0532. The highest BCUT2D eigenvalue weighted by molar-refractivity contribution is 5.94. The summed E-state index contributed by atoms with van der Waals surface area (Å²) in [6, 6.07) is 4.36. The molecule has 1 saturated carbocycles. The largest absolute Gasteiger partial charge is 0.360 e. The second kappa shape index (κ2) is 11.2. The zero-order valence-electron chi connectivity index (χ0n) is 18.3. The Balaban J connectivity index is 1.71. The molecule has 3 amide bonds. The molecule has 0 radical (unpaired) electrons. The lowest BCUT2D eigenvalue weighted by molar-refractivity contribution is -0.141. The fourth-order valence-electron chi connectivity index (χ4n) is 3.85. The van der Waals surface area contributed by atoms with Crippen molar-refractivity contribution in [2.45, 2.75) is 57.5 Å². The molecule has 32 heavy (non-hydrogen) atoms. The molecule has 1 aliphatic rings. The van der Waals surface area contributed by atoms with Gasteiger partial charge in [0, 0.05) is 49.5 Å². The summed E-state index contributed by atoms with van der Waals surface area (Å²) in [5, 5.41) is 9.39. The van der Waals surface area contributed by atoms with Crippen molar-refractivity contribution < 1.29 is 18.9 Å². The van der Waals surface area contributed by atoms with Crippen molar-refractivity contribution in [1.29, 1.82) is 0 Å². The predicted octanol–water partition coefficient (Wildman–Crippen LogP) is 2.91. The Hall–Kier alpha value is -3.49. The fourth-order valence-corrected chi connectivity index (χ4v) is 3.85. The molecule has 0 bridgehead atoms. The number of hydrogen-bond donors (Lipinski definition) is 2. The molecular weight excluding hydrogens is 410 g/mol. The monoisotopic (exact) mass is 439 g/mol. The fraction of sp³-hybridized carbons (Fsp3) is 0.435. The Morgan fingerprint density at radius 2 is 2.09 bits per heavy atom. The number of pyridine rings is 1. The van der Waals surface area contributed by atoms with Gasteiger partial charge in [-0.25, -0.2) is 0 Å². The van der Waals surface area contributed by atoms with Gasteiger partial charge in [0.15, 0.2) is 5.82 Å². The average molecular weight is 440 g/mol. The van der Waals surface area contributed by atoms with Gasteiger partial charge in [-0.1, -0.05) is 30.1 Å². The Morgan fingerprint density at radius 1 is 1.31 bits per heavy atom. The van der Waals surface area contributed by atoms with Crippen LogP contribution in [0.4, 0.5) is 5.82 Å². The molecule has 2 heterocycles. The van der Waals surface area contributed by atoms with E-state index in [0.29, 0.717) is 17.1 Å². The first-order valence-corrected chi connectivity index (χ1v) is 10.8. The van der Waals surface area contributed by atoms with Crippen LogP contribution in [0.2, 0.25) is 0 Å². The van der Waals surface area contributed by atoms with E-state index in [4.69, 9.17) is 4.52 Å². The number of nitrogens with zero attached hydrogens (tertiary/aromatic N) is 3. The summed E-state index contributed by atoms with van der Waals surface area (Å²) in [7, 11) is 0. The molecule has 0 aliphatic heterocycles. The van der Waals surface area contributed by atoms with Gasteiger partial charge in [0.05, 0.1) is 0 Å². The molecule has 0 unspecified atom stereocenters. The van der Waals surface area contributed by atoms with Gasteiger partial charge in [0.2, 0.25) is 17.7 Å². The maximum atomic E-state index is 13.2. The molecule has 0 aromatic carbocycles. The summed E-state index contributed by atoms with van der Waals surface area (Å²) in [6.45, 7) is 5.62. The standard InChI is InChI=1S/C23H29N5O4/c1-3-13-28(21(30)11-10-20(29)26-19-14-16(2)32-27-19)22(17-7-6-12-24-15-17)23(31)25-18-8-4-5-9-18/h3,6-7,12,14-15,18,22H,1,4-5,8-11,13H2,2H3,(H,25,31)(H,26,27,29)/t22-/m0/s1. The molecule has 9 heteroatoms. The lowest BCUT2D eigenvalue weighted by Crippen LogP contribution is -2.46. The molecule has 2 aromatic heterocycles. The van der Waals surface area contributed by atoms with E-state index in [1.807, 2.05) is 0 Å². The number of carbonyl (C=O) groups excluding carboxylic acids is 3. The van der Waals surface area contributed by atoms with Crippen molar-refractivity contribution in [1.82, 2.24) is 20.4 Å². The number of hydrogen-bond acceptors (Lipinski definition) is 6. The van der Waals surface area contributed by atoms with Gasteiger partial charge >= 0.3 is 0 Å². The molecule has 3 rings (SSSR count). The van der Waals surface area contributed by atoms with Crippen LogP contribution in [0.1, 0.15) is 55.9 Å². The number of aryl methyl sites for hydroxylation is 1. The topological polar surface area (TPSA) is 117 Å². The maximum absolute atomic E-state index is 13.2. The molecule has 1 aliphatic carbocycles. The predicted molar refractivity (Wildman–Crippen MR) is 118 cm³/mol. The number of rotatable bonds is 10. The Labute approximate surface area is 187 Å². The van der Waals surface area contributed by atoms with E-state index in [1.54, 1.807) is 43.6 Å². The van der Waals surface area contributed by atoms with Crippen molar-refractivity contribution in [2.24, 2.45) is 0 Å². The third kappa shape index (κ3) is 6.26. The van der Waals surface area contributed by atoms with Crippen molar-refractivity contribution in [3.8, 4) is 0 Å². The number of anilines is 1. The van der Waals surface area contributed by atoms with Gasteiger partial charge in [-0.05, 0) is 25.8 Å². The van der Waals surface area contributed by atoms with Crippen LogP contribution >= 0.6 is 0 Å².